The van der Waals surface area contributed by atoms with Gasteiger partial charge in [-0.25, -0.2) is 8.78 Å². The highest BCUT2D eigenvalue weighted by atomic mass is 19.3. The van der Waals surface area contributed by atoms with Gasteiger partial charge in [0.25, 0.3) is 0 Å². The molecule has 1 aliphatic rings. The first kappa shape index (κ1) is 10.9. The first-order chi connectivity index (χ1) is 5.87. The highest BCUT2D eigenvalue weighted by molar-refractivity contribution is 5.01. The molecule has 0 aromatic carbocycles. The molecule has 0 amide bonds. The third-order valence-corrected chi connectivity index (χ3v) is 2.90. The van der Waals surface area contributed by atoms with E-state index in [0.717, 1.165) is 26.2 Å². The fourth-order valence-corrected chi connectivity index (χ4v) is 1.74. The van der Waals surface area contributed by atoms with Crippen LogP contribution in [-0.2, 0) is 0 Å². The summed E-state index contributed by atoms with van der Waals surface area (Å²) >= 11 is 0. The van der Waals surface area contributed by atoms with Gasteiger partial charge in [0.1, 0.15) is 0 Å². The van der Waals surface area contributed by atoms with Gasteiger partial charge >= 0.3 is 0 Å². The predicted octanol–water partition coefficient (Wildman–Crippen LogP) is 2.94. The second kappa shape index (κ2) is 3.52. The van der Waals surface area contributed by atoms with Crippen molar-refractivity contribution in [2.75, 3.05) is 0 Å². The maximum Gasteiger partial charge on any atom is 0.248 e. The van der Waals surface area contributed by atoms with Crippen LogP contribution in [0.3, 0.4) is 0 Å². The Balaban J connectivity index is 2.47. The van der Waals surface area contributed by atoms with Crippen molar-refractivity contribution in [2.45, 2.75) is 57.4 Å². The molecule has 13 heavy (non-hydrogen) atoms. The third-order valence-electron chi connectivity index (χ3n) is 2.90. The van der Waals surface area contributed by atoms with Gasteiger partial charge < -0.3 is 5.73 Å². The fraction of sp³-hybridized carbons (Fsp3) is 1.00. The second-order valence-electron chi connectivity index (χ2n) is 4.51. The van der Waals surface area contributed by atoms with E-state index in [-0.39, 0.29) is 5.54 Å². The minimum atomic E-state index is -2.56. The molecule has 1 unspecified atom stereocenters. The molecule has 0 spiro atoms. The molecule has 78 valence electrons. The molecule has 0 aromatic rings. The fourth-order valence-electron chi connectivity index (χ4n) is 1.74. The van der Waals surface area contributed by atoms with Crippen molar-refractivity contribution in [2.24, 2.45) is 11.7 Å². The third kappa shape index (κ3) is 3.22. The molecule has 3 heteroatoms. The number of alkyl halides is 2. The number of hydrogen-bond acceptors (Lipinski definition) is 1. The van der Waals surface area contributed by atoms with Crippen molar-refractivity contribution < 1.29 is 8.78 Å². The lowest BCUT2D eigenvalue weighted by Gasteiger charge is -2.25. The van der Waals surface area contributed by atoms with Gasteiger partial charge in [0.15, 0.2) is 0 Å². The van der Waals surface area contributed by atoms with Crippen LogP contribution in [0.15, 0.2) is 0 Å². The van der Waals surface area contributed by atoms with Crippen molar-refractivity contribution >= 4 is 0 Å². The molecule has 0 saturated heterocycles. The Labute approximate surface area is 78.7 Å². The molecule has 0 heterocycles. The van der Waals surface area contributed by atoms with Gasteiger partial charge in [-0.05, 0) is 32.6 Å². The average Bonchev–Trinajstić information content (AvgIpc) is 2.66. The standard InChI is InChI=1S/C10H19F2N/c1-3-4-8(9(2,11)12)7-10(13)5-6-10/h8H,3-7,13H2,1-2H3. The Morgan fingerprint density at radius 3 is 2.31 bits per heavy atom. The van der Waals surface area contributed by atoms with E-state index in [0.29, 0.717) is 12.8 Å². The summed E-state index contributed by atoms with van der Waals surface area (Å²) in [5.41, 5.74) is 5.59. The van der Waals surface area contributed by atoms with Crippen molar-refractivity contribution in [3.05, 3.63) is 0 Å². The maximum atomic E-state index is 13.1. The van der Waals surface area contributed by atoms with Crippen molar-refractivity contribution in [3.8, 4) is 0 Å². The van der Waals surface area contributed by atoms with Crippen molar-refractivity contribution in [1.29, 1.82) is 0 Å². The van der Waals surface area contributed by atoms with Gasteiger partial charge in [-0.1, -0.05) is 13.3 Å². The van der Waals surface area contributed by atoms with Gasteiger partial charge in [0.05, 0.1) is 0 Å². The Morgan fingerprint density at radius 2 is 2.00 bits per heavy atom. The van der Waals surface area contributed by atoms with Crippen LogP contribution in [-0.4, -0.2) is 11.5 Å². The first-order valence-corrected chi connectivity index (χ1v) is 5.04. The summed E-state index contributed by atoms with van der Waals surface area (Å²) in [6.07, 6.45) is 3.73. The first-order valence-electron chi connectivity index (χ1n) is 5.04. The van der Waals surface area contributed by atoms with Gasteiger partial charge in [-0.3, -0.25) is 0 Å². The highest BCUT2D eigenvalue weighted by Gasteiger charge is 2.45. The Morgan fingerprint density at radius 1 is 1.46 bits per heavy atom. The minimum Gasteiger partial charge on any atom is -0.325 e. The zero-order valence-electron chi connectivity index (χ0n) is 8.45. The van der Waals surface area contributed by atoms with E-state index in [1.54, 1.807) is 0 Å². The molecule has 0 aliphatic heterocycles. The van der Waals surface area contributed by atoms with Crippen LogP contribution >= 0.6 is 0 Å². The molecule has 1 fully saturated rings. The summed E-state index contributed by atoms with van der Waals surface area (Å²) in [6.45, 7) is 2.95. The Hall–Kier alpha value is -0.180. The smallest absolute Gasteiger partial charge is 0.248 e. The quantitative estimate of drug-likeness (QED) is 0.710. The lowest BCUT2D eigenvalue weighted by molar-refractivity contribution is -0.0495. The molecular weight excluding hydrogens is 172 g/mol. The number of rotatable bonds is 5. The largest absolute Gasteiger partial charge is 0.325 e. The summed E-state index contributed by atoms with van der Waals surface area (Å²) in [5.74, 6) is -3.09. The van der Waals surface area contributed by atoms with Gasteiger partial charge in [-0.2, -0.15) is 0 Å². The zero-order chi connectivity index (χ0) is 10.1. The number of halogens is 2. The second-order valence-corrected chi connectivity index (χ2v) is 4.51. The SMILES string of the molecule is CCCC(CC1(N)CC1)C(C)(F)F. The maximum absolute atomic E-state index is 13.1. The monoisotopic (exact) mass is 191 g/mol. The van der Waals surface area contributed by atoms with Crippen LogP contribution in [0.4, 0.5) is 8.78 Å². The minimum absolute atomic E-state index is 0.251. The molecule has 0 bridgehead atoms. The van der Waals surface area contributed by atoms with E-state index < -0.39 is 11.8 Å². The van der Waals surface area contributed by atoms with Gasteiger partial charge in [0, 0.05) is 11.5 Å². The summed E-state index contributed by atoms with van der Waals surface area (Å²) < 4.78 is 26.2. The molecule has 1 rings (SSSR count). The van der Waals surface area contributed by atoms with Crippen LogP contribution in [0.1, 0.15) is 46.0 Å². The molecule has 1 saturated carbocycles. The van der Waals surface area contributed by atoms with E-state index in [1.807, 2.05) is 6.92 Å². The predicted molar refractivity (Wildman–Crippen MR) is 49.8 cm³/mol. The topological polar surface area (TPSA) is 26.0 Å². The highest BCUT2D eigenvalue weighted by Crippen LogP contribution is 2.43. The van der Waals surface area contributed by atoms with Crippen LogP contribution in [0.25, 0.3) is 0 Å². The van der Waals surface area contributed by atoms with Crippen LogP contribution < -0.4 is 5.73 Å². The molecule has 0 aromatic heterocycles. The zero-order valence-corrected chi connectivity index (χ0v) is 8.45. The Kier molecular flexibility index (Phi) is 2.95. The number of nitrogens with two attached hydrogens (primary N) is 1. The normalized spacial score (nSPS) is 22.8. The van der Waals surface area contributed by atoms with Gasteiger partial charge in [-0.15, -0.1) is 0 Å². The lowest BCUT2D eigenvalue weighted by atomic mass is 9.89. The molecule has 1 nitrogen and oxygen atoms in total. The van der Waals surface area contributed by atoms with Crippen molar-refractivity contribution in [1.82, 2.24) is 0 Å². The molecule has 1 atom stereocenters. The number of hydrogen-bond donors (Lipinski definition) is 1. The molecule has 1 aliphatic carbocycles. The summed E-state index contributed by atoms with van der Waals surface area (Å²) in [5, 5.41) is 0. The van der Waals surface area contributed by atoms with Gasteiger partial charge in [0.2, 0.25) is 5.92 Å². The van der Waals surface area contributed by atoms with E-state index in [9.17, 15) is 8.78 Å². The molecule has 2 N–H and O–H groups in total. The summed E-state index contributed by atoms with van der Waals surface area (Å²) in [7, 11) is 0. The van der Waals surface area contributed by atoms with E-state index in [2.05, 4.69) is 0 Å². The molecular formula is C10H19F2N. The average molecular weight is 191 g/mol. The lowest BCUT2D eigenvalue weighted by Crippen LogP contribution is -2.33. The van der Waals surface area contributed by atoms with Crippen LogP contribution in [0.5, 0.6) is 0 Å². The van der Waals surface area contributed by atoms with E-state index >= 15 is 0 Å². The van der Waals surface area contributed by atoms with E-state index in [4.69, 9.17) is 5.73 Å². The summed E-state index contributed by atoms with van der Waals surface area (Å²) in [4.78, 5) is 0. The Bertz CT molecular complexity index is 170. The van der Waals surface area contributed by atoms with Crippen LogP contribution in [0.2, 0.25) is 0 Å². The summed E-state index contributed by atoms with van der Waals surface area (Å²) in [6, 6.07) is 0. The van der Waals surface area contributed by atoms with E-state index in [1.165, 1.54) is 0 Å². The molecule has 0 radical (unpaired) electrons. The van der Waals surface area contributed by atoms with Crippen LogP contribution in [0, 0.1) is 5.92 Å². The van der Waals surface area contributed by atoms with Crippen molar-refractivity contribution in [3.63, 3.8) is 0 Å².